The number of aryl methyl sites for hydroxylation is 1. The lowest BCUT2D eigenvalue weighted by molar-refractivity contribution is 0.0648. The van der Waals surface area contributed by atoms with Gasteiger partial charge in [-0.15, -0.1) is 0 Å². The van der Waals surface area contributed by atoms with Crippen LogP contribution in [-0.2, 0) is 0 Å². The van der Waals surface area contributed by atoms with Gasteiger partial charge in [-0.05, 0) is 13.8 Å². The lowest BCUT2D eigenvalue weighted by atomic mass is 10.0. The SMILES string of the molecule is COc1nc(C)c(C(=O)O)c(C(=O)O)c1C. The number of carboxylic acid groups (broad SMARTS) is 2. The summed E-state index contributed by atoms with van der Waals surface area (Å²) in [5.74, 6) is -2.49. The molecule has 0 spiro atoms. The van der Waals surface area contributed by atoms with E-state index in [0.29, 0.717) is 0 Å². The van der Waals surface area contributed by atoms with E-state index >= 15 is 0 Å². The van der Waals surface area contributed by atoms with Crippen LogP contribution in [0.4, 0.5) is 0 Å². The molecule has 1 rings (SSSR count). The van der Waals surface area contributed by atoms with Gasteiger partial charge in [0, 0.05) is 5.56 Å². The standard InChI is InChI=1S/C10H11NO5/c1-4-6(9(12)13)7(10(14)15)5(2)11-8(4)16-3/h1-3H3,(H,12,13)(H,14,15). The minimum absolute atomic E-state index is 0.118. The molecule has 0 amide bonds. The fourth-order valence-corrected chi connectivity index (χ4v) is 1.50. The number of carbonyl (C=O) groups is 2. The first-order chi connectivity index (χ1) is 7.40. The Hall–Kier alpha value is -2.11. The lowest BCUT2D eigenvalue weighted by Gasteiger charge is -2.11. The number of aromatic carboxylic acids is 2. The normalized spacial score (nSPS) is 9.94. The van der Waals surface area contributed by atoms with Gasteiger partial charge in [0.05, 0.1) is 23.9 Å². The van der Waals surface area contributed by atoms with E-state index in [0.717, 1.165) is 0 Å². The fraction of sp³-hybridized carbons (Fsp3) is 0.300. The molecule has 6 nitrogen and oxygen atoms in total. The Bertz CT molecular complexity index is 467. The van der Waals surface area contributed by atoms with Gasteiger partial charge in [0.1, 0.15) is 0 Å². The molecule has 0 aromatic carbocycles. The van der Waals surface area contributed by atoms with Gasteiger partial charge in [-0.25, -0.2) is 14.6 Å². The molecule has 0 fully saturated rings. The van der Waals surface area contributed by atoms with Crippen LogP contribution in [0.5, 0.6) is 5.88 Å². The van der Waals surface area contributed by atoms with Crippen LogP contribution in [0.15, 0.2) is 0 Å². The van der Waals surface area contributed by atoms with E-state index in [-0.39, 0.29) is 28.3 Å². The highest BCUT2D eigenvalue weighted by Gasteiger charge is 2.24. The number of pyridine rings is 1. The molecule has 6 heteroatoms. The summed E-state index contributed by atoms with van der Waals surface area (Å²) in [6, 6.07) is 0. The van der Waals surface area contributed by atoms with Crippen molar-refractivity contribution in [1.29, 1.82) is 0 Å². The van der Waals surface area contributed by atoms with E-state index in [1.165, 1.54) is 21.0 Å². The van der Waals surface area contributed by atoms with Gasteiger partial charge in [-0.2, -0.15) is 0 Å². The van der Waals surface area contributed by atoms with Crippen molar-refractivity contribution in [2.75, 3.05) is 7.11 Å². The van der Waals surface area contributed by atoms with Gasteiger partial charge in [0.25, 0.3) is 0 Å². The highest BCUT2D eigenvalue weighted by atomic mass is 16.5. The third-order valence-corrected chi connectivity index (χ3v) is 2.20. The summed E-state index contributed by atoms with van der Waals surface area (Å²) in [7, 11) is 1.35. The Morgan fingerprint density at radius 3 is 2.00 bits per heavy atom. The average Bonchev–Trinajstić information content (AvgIpc) is 2.19. The second kappa shape index (κ2) is 4.18. The molecule has 0 saturated heterocycles. The number of ether oxygens (including phenoxy) is 1. The quantitative estimate of drug-likeness (QED) is 0.799. The summed E-state index contributed by atoms with van der Waals surface area (Å²) in [6.07, 6.45) is 0. The van der Waals surface area contributed by atoms with Crippen LogP contribution < -0.4 is 4.74 Å². The Balaban J connectivity index is 3.68. The zero-order valence-electron chi connectivity index (χ0n) is 9.07. The summed E-state index contributed by atoms with van der Waals surface area (Å²) < 4.78 is 4.88. The van der Waals surface area contributed by atoms with Crippen LogP contribution in [0, 0.1) is 13.8 Å². The lowest BCUT2D eigenvalue weighted by Crippen LogP contribution is -2.14. The third-order valence-electron chi connectivity index (χ3n) is 2.20. The molecule has 0 saturated carbocycles. The van der Waals surface area contributed by atoms with Crippen molar-refractivity contribution >= 4 is 11.9 Å². The highest BCUT2D eigenvalue weighted by molar-refractivity contribution is 6.03. The van der Waals surface area contributed by atoms with Crippen molar-refractivity contribution in [2.24, 2.45) is 0 Å². The Labute approximate surface area is 91.5 Å². The molecule has 1 aromatic heterocycles. The second-order valence-electron chi connectivity index (χ2n) is 3.19. The summed E-state index contributed by atoms with van der Waals surface area (Å²) >= 11 is 0. The molecule has 0 atom stereocenters. The van der Waals surface area contributed by atoms with Crippen molar-refractivity contribution < 1.29 is 24.5 Å². The number of nitrogens with zero attached hydrogens (tertiary/aromatic N) is 1. The maximum atomic E-state index is 11.0. The molecule has 0 aliphatic carbocycles. The van der Waals surface area contributed by atoms with E-state index in [1.54, 1.807) is 0 Å². The van der Waals surface area contributed by atoms with Gasteiger partial charge in [0.15, 0.2) is 0 Å². The second-order valence-corrected chi connectivity index (χ2v) is 3.19. The number of aromatic nitrogens is 1. The Morgan fingerprint density at radius 2 is 1.62 bits per heavy atom. The predicted molar refractivity (Wildman–Crippen MR) is 54.2 cm³/mol. The van der Waals surface area contributed by atoms with E-state index in [9.17, 15) is 9.59 Å². The van der Waals surface area contributed by atoms with E-state index in [4.69, 9.17) is 14.9 Å². The summed E-state index contributed by atoms with van der Waals surface area (Å²) in [5, 5.41) is 17.9. The van der Waals surface area contributed by atoms with Gasteiger partial charge >= 0.3 is 11.9 Å². The topological polar surface area (TPSA) is 96.7 Å². The predicted octanol–water partition coefficient (Wildman–Crippen LogP) is 1.10. The van der Waals surface area contributed by atoms with Crippen molar-refractivity contribution in [3.8, 4) is 5.88 Å². The number of methoxy groups -OCH3 is 1. The zero-order valence-corrected chi connectivity index (χ0v) is 9.07. The average molecular weight is 225 g/mol. The summed E-state index contributed by atoms with van der Waals surface area (Å²) in [4.78, 5) is 25.9. The highest BCUT2D eigenvalue weighted by Crippen LogP contribution is 2.24. The number of hydrogen-bond acceptors (Lipinski definition) is 4. The summed E-state index contributed by atoms with van der Waals surface area (Å²) in [6.45, 7) is 2.89. The molecule has 86 valence electrons. The van der Waals surface area contributed by atoms with Crippen LogP contribution in [0.3, 0.4) is 0 Å². The molecular weight excluding hydrogens is 214 g/mol. The monoisotopic (exact) mass is 225 g/mol. The zero-order chi connectivity index (χ0) is 12.5. The maximum absolute atomic E-state index is 11.0. The van der Waals surface area contributed by atoms with Gasteiger partial charge in [-0.1, -0.05) is 0 Å². The van der Waals surface area contributed by atoms with Crippen molar-refractivity contribution in [1.82, 2.24) is 4.98 Å². The maximum Gasteiger partial charge on any atom is 0.338 e. The molecule has 0 bridgehead atoms. The van der Waals surface area contributed by atoms with E-state index in [2.05, 4.69) is 4.98 Å². The first-order valence-corrected chi connectivity index (χ1v) is 4.42. The Morgan fingerprint density at radius 1 is 1.12 bits per heavy atom. The van der Waals surface area contributed by atoms with Gasteiger partial charge in [-0.3, -0.25) is 0 Å². The first-order valence-electron chi connectivity index (χ1n) is 4.42. The minimum atomic E-state index is -1.31. The largest absolute Gasteiger partial charge is 0.481 e. The molecule has 2 N–H and O–H groups in total. The van der Waals surface area contributed by atoms with Crippen LogP contribution in [0.1, 0.15) is 32.0 Å². The van der Waals surface area contributed by atoms with E-state index < -0.39 is 11.9 Å². The minimum Gasteiger partial charge on any atom is -0.481 e. The number of rotatable bonds is 3. The molecule has 0 aliphatic rings. The van der Waals surface area contributed by atoms with Crippen LogP contribution in [0.2, 0.25) is 0 Å². The molecular formula is C10H11NO5. The van der Waals surface area contributed by atoms with Crippen molar-refractivity contribution in [2.45, 2.75) is 13.8 Å². The summed E-state index contributed by atoms with van der Waals surface area (Å²) in [5.41, 5.74) is -0.256. The van der Waals surface area contributed by atoms with Gasteiger partial charge < -0.3 is 14.9 Å². The number of carboxylic acids is 2. The molecule has 1 aromatic rings. The molecule has 16 heavy (non-hydrogen) atoms. The Kier molecular flexibility index (Phi) is 3.12. The molecule has 1 heterocycles. The molecule has 0 unspecified atom stereocenters. The van der Waals surface area contributed by atoms with Crippen molar-refractivity contribution in [3.63, 3.8) is 0 Å². The van der Waals surface area contributed by atoms with Gasteiger partial charge in [0.2, 0.25) is 5.88 Å². The third kappa shape index (κ3) is 1.81. The number of hydrogen-bond donors (Lipinski definition) is 2. The van der Waals surface area contributed by atoms with Crippen molar-refractivity contribution in [3.05, 3.63) is 22.4 Å². The first kappa shape index (κ1) is 12.0. The van der Waals surface area contributed by atoms with Crippen LogP contribution in [-0.4, -0.2) is 34.2 Å². The van der Waals surface area contributed by atoms with Crippen LogP contribution >= 0.6 is 0 Å². The fourth-order valence-electron chi connectivity index (χ4n) is 1.50. The smallest absolute Gasteiger partial charge is 0.338 e. The molecule has 0 radical (unpaired) electrons. The van der Waals surface area contributed by atoms with E-state index in [1.807, 2.05) is 0 Å². The van der Waals surface area contributed by atoms with Crippen LogP contribution in [0.25, 0.3) is 0 Å². The molecule has 0 aliphatic heterocycles.